The van der Waals surface area contributed by atoms with Gasteiger partial charge >= 0.3 is 5.97 Å². The number of aromatic amines is 1. The molecular formula is C19H20BrNO5. The maximum atomic E-state index is 12.6. The van der Waals surface area contributed by atoms with Crippen LogP contribution in [-0.4, -0.2) is 35.6 Å². The minimum Gasteiger partial charge on any atom is -0.503 e. The average Bonchev–Trinajstić information content (AvgIpc) is 2.90. The van der Waals surface area contributed by atoms with Crippen molar-refractivity contribution in [2.75, 3.05) is 13.7 Å². The number of phenols is 1. The van der Waals surface area contributed by atoms with Crippen LogP contribution >= 0.6 is 15.9 Å². The number of benzene rings is 1. The highest BCUT2D eigenvalue weighted by Gasteiger charge is 2.21. The van der Waals surface area contributed by atoms with Gasteiger partial charge in [-0.3, -0.25) is 4.79 Å². The van der Waals surface area contributed by atoms with Crippen molar-refractivity contribution in [2.45, 2.75) is 20.8 Å². The third kappa shape index (κ3) is 3.99. The van der Waals surface area contributed by atoms with Crippen LogP contribution in [-0.2, 0) is 4.74 Å². The number of aromatic hydroxyl groups is 1. The predicted molar refractivity (Wildman–Crippen MR) is 102 cm³/mol. The van der Waals surface area contributed by atoms with Gasteiger partial charge in [-0.25, -0.2) is 4.79 Å². The summed E-state index contributed by atoms with van der Waals surface area (Å²) in [4.78, 5) is 27.5. The molecule has 0 radical (unpaired) electrons. The van der Waals surface area contributed by atoms with Crippen LogP contribution in [0.4, 0.5) is 0 Å². The van der Waals surface area contributed by atoms with Crippen LogP contribution in [0.1, 0.15) is 44.6 Å². The highest BCUT2D eigenvalue weighted by molar-refractivity contribution is 9.10. The minimum absolute atomic E-state index is 0.00706. The number of carbonyl (C=O) groups is 2. The summed E-state index contributed by atoms with van der Waals surface area (Å²) in [6, 6.07) is 3.28. The first-order valence-corrected chi connectivity index (χ1v) is 8.74. The van der Waals surface area contributed by atoms with Gasteiger partial charge in [0.2, 0.25) is 0 Å². The summed E-state index contributed by atoms with van der Waals surface area (Å²) < 4.78 is 10.5. The number of hydrogen-bond acceptors (Lipinski definition) is 5. The molecule has 0 atom stereocenters. The summed E-state index contributed by atoms with van der Waals surface area (Å²) in [6.07, 6.45) is 3.03. The number of rotatable bonds is 6. The van der Waals surface area contributed by atoms with Gasteiger partial charge in [-0.05, 0) is 66.0 Å². The number of aromatic nitrogens is 1. The molecule has 0 spiro atoms. The van der Waals surface area contributed by atoms with E-state index in [-0.39, 0.29) is 23.8 Å². The topological polar surface area (TPSA) is 88.6 Å². The molecule has 0 amide bonds. The van der Waals surface area contributed by atoms with E-state index < -0.39 is 5.97 Å². The lowest BCUT2D eigenvalue weighted by Crippen LogP contribution is -2.07. The SMILES string of the molecule is CCOC(=O)c1[nH]c(C)c(C(=O)/C=C/c2cc(Br)c(O)c(OC)c2)c1C. The first kappa shape index (κ1) is 19.8. The van der Waals surface area contributed by atoms with E-state index in [0.29, 0.717) is 32.6 Å². The van der Waals surface area contributed by atoms with E-state index >= 15 is 0 Å². The Bertz CT molecular complexity index is 883. The maximum Gasteiger partial charge on any atom is 0.355 e. The number of aryl methyl sites for hydroxylation is 1. The van der Waals surface area contributed by atoms with E-state index in [2.05, 4.69) is 20.9 Å². The molecule has 26 heavy (non-hydrogen) atoms. The first-order valence-electron chi connectivity index (χ1n) is 7.95. The second-order valence-electron chi connectivity index (χ2n) is 5.60. The van der Waals surface area contributed by atoms with Gasteiger partial charge in [0, 0.05) is 11.3 Å². The lowest BCUT2D eigenvalue weighted by atomic mass is 10.0. The molecule has 0 unspecified atom stereocenters. The molecule has 1 heterocycles. The monoisotopic (exact) mass is 421 g/mol. The lowest BCUT2D eigenvalue weighted by Gasteiger charge is -2.06. The van der Waals surface area contributed by atoms with Crippen molar-refractivity contribution in [3.8, 4) is 11.5 Å². The zero-order chi connectivity index (χ0) is 19.4. The number of hydrogen-bond donors (Lipinski definition) is 2. The van der Waals surface area contributed by atoms with Crippen LogP contribution in [0.5, 0.6) is 11.5 Å². The number of allylic oxidation sites excluding steroid dienone is 1. The third-order valence-electron chi connectivity index (χ3n) is 3.86. The molecule has 2 rings (SSSR count). The van der Waals surface area contributed by atoms with E-state index in [1.807, 2.05) is 0 Å². The van der Waals surface area contributed by atoms with Gasteiger partial charge in [0.25, 0.3) is 0 Å². The van der Waals surface area contributed by atoms with Crippen molar-refractivity contribution in [3.63, 3.8) is 0 Å². The molecular weight excluding hydrogens is 402 g/mol. The number of ether oxygens (including phenoxy) is 2. The Morgan fingerprint density at radius 2 is 2.00 bits per heavy atom. The van der Waals surface area contributed by atoms with Gasteiger partial charge in [-0.1, -0.05) is 6.08 Å². The van der Waals surface area contributed by atoms with Crippen LogP contribution < -0.4 is 4.74 Å². The smallest absolute Gasteiger partial charge is 0.355 e. The van der Waals surface area contributed by atoms with Crippen LogP contribution in [0.3, 0.4) is 0 Å². The molecule has 0 aliphatic rings. The molecule has 2 N–H and O–H groups in total. The number of ketones is 1. The van der Waals surface area contributed by atoms with Crippen molar-refractivity contribution in [1.29, 1.82) is 0 Å². The molecule has 1 aromatic heterocycles. The van der Waals surface area contributed by atoms with Crippen LogP contribution in [0.15, 0.2) is 22.7 Å². The summed E-state index contributed by atoms with van der Waals surface area (Å²) in [5, 5.41) is 9.84. The molecule has 138 valence electrons. The highest BCUT2D eigenvalue weighted by atomic mass is 79.9. The minimum atomic E-state index is -0.483. The summed E-state index contributed by atoms with van der Waals surface area (Å²) in [5.41, 5.74) is 2.56. The van der Waals surface area contributed by atoms with Crippen LogP contribution in [0.2, 0.25) is 0 Å². The number of methoxy groups -OCH3 is 1. The summed E-state index contributed by atoms with van der Waals surface area (Å²) >= 11 is 3.24. The van der Waals surface area contributed by atoms with Crippen molar-refractivity contribution in [1.82, 2.24) is 4.98 Å². The van der Waals surface area contributed by atoms with Gasteiger partial charge in [0.05, 0.1) is 18.2 Å². The fraction of sp³-hybridized carbons (Fsp3) is 0.263. The summed E-state index contributed by atoms with van der Waals surface area (Å²) in [5.74, 6) is -0.434. The molecule has 2 aromatic rings. The number of halogens is 1. The molecule has 0 saturated carbocycles. The Kier molecular flexibility index (Phi) is 6.26. The fourth-order valence-corrected chi connectivity index (χ4v) is 3.09. The highest BCUT2D eigenvalue weighted by Crippen LogP contribution is 2.35. The van der Waals surface area contributed by atoms with Gasteiger partial charge < -0.3 is 19.6 Å². The molecule has 1 aromatic carbocycles. The second kappa shape index (κ2) is 8.23. The van der Waals surface area contributed by atoms with Crippen molar-refractivity contribution in [3.05, 3.63) is 50.8 Å². The quantitative estimate of drug-likeness (QED) is 0.414. The Balaban J connectivity index is 2.32. The third-order valence-corrected chi connectivity index (χ3v) is 4.47. The first-order chi connectivity index (χ1) is 12.3. The van der Waals surface area contributed by atoms with Crippen molar-refractivity contribution in [2.24, 2.45) is 0 Å². The lowest BCUT2D eigenvalue weighted by molar-refractivity contribution is 0.0519. The molecule has 6 nitrogen and oxygen atoms in total. The molecule has 7 heteroatoms. The molecule has 0 aliphatic carbocycles. The Labute approximate surface area is 160 Å². The maximum absolute atomic E-state index is 12.6. The van der Waals surface area contributed by atoms with E-state index in [1.165, 1.54) is 13.2 Å². The molecule has 0 fully saturated rings. The van der Waals surface area contributed by atoms with Gasteiger partial charge in [0.1, 0.15) is 5.69 Å². The zero-order valence-corrected chi connectivity index (χ0v) is 16.6. The molecule has 0 saturated heterocycles. The van der Waals surface area contributed by atoms with Gasteiger partial charge in [-0.2, -0.15) is 0 Å². The average molecular weight is 422 g/mol. The summed E-state index contributed by atoms with van der Waals surface area (Å²) in [7, 11) is 1.45. The van der Waals surface area contributed by atoms with E-state index in [4.69, 9.17) is 9.47 Å². The fourth-order valence-electron chi connectivity index (χ4n) is 2.63. The van der Waals surface area contributed by atoms with Crippen molar-refractivity contribution < 1.29 is 24.2 Å². The van der Waals surface area contributed by atoms with Gasteiger partial charge in [0.15, 0.2) is 17.3 Å². The van der Waals surface area contributed by atoms with Crippen LogP contribution in [0, 0.1) is 13.8 Å². The van der Waals surface area contributed by atoms with E-state index in [0.717, 1.165) is 0 Å². The van der Waals surface area contributed by atoms with Gasteiger partial charge in [-0.15, -0.1) is 0 Å². The Morgan fingerprint density at radius 3 is 2.62 bits per heavy atom. The molecule has 0 bridgehead atoms. The largest absolute Gasteiger partial charge is 0.503 e. The Morgan fingerprint density at radius 1 is 1.31 bits per heavy atom. The number of H-pyrrole nitrogens is 1. The zero-order valence-electron chi connectivity index (χ0n) is 15.0. The normalized spacial score (nSPS) is 11.0. The van der Waals surface area contributed by atoms with E-state index in [9.17, 15) is 14.7 Å². The van der Waals surface area contributed by atoms with E-state index in [1.54, 1.807) is 39.0 Å². The standard InChI is InChI=1S/C19H20BrNO5/c1-5-26-19(24)17-10(2)16(11(3)21-17)14(22)7-6-12-8-13(20)18(23)15(9-12)25-4/h6-9,21,23H,5H2,1-4H3/b7-6+. The number of carbonyl (C=O) groups excluding carboxylic acids is 2. The predicted octanol–water partition coefficient (Wildman–Crippen LogP) is 4.18. The second-order valence-corrected chi connectivity index (χ2v) is 6.45. The number of nitrogens with one attached hydrogen (secondary N) is 1. The summed E-state index contributed by atoms with van der Waals surface area (Å²) in [6.45, 7) is 5.42. The molecule has 0 aliphatic heterocycles. The Hall–Kier alpha value is -2.54. The van der Waals surface area contributed by atoms with Crippen molar-refractivity contribution >= 4 is 33.8 Å². The van der Waals surface area contributed by atoms with Crippen LogP contribution in [0.25, 0.3) is 6.08 Å². The number of esters is 1. The number of phenolic OH excluding ortho intramolecular Hbond substituents is 1.